The molecule has 2 aromatic carbocycles. The third-order valence-corrected chi connectivity index (χ3v) is 4.44. The first kappa shape index (κ1) is 21.3. The molecule has 0 N–H and O–H groups in total. The lowest BCUT2D eigenvalue weighted by molar-refractivity contribution is -0.385. The fourth-order valence-electron chi connectivity index (χ4n) is 2.27. The maximum absolute atomic E-state index is 13.7. The van der Waals surface area contributed by atoms with E-state index in [9.17, 15) is 24.1 Å². The second-order valence-electron chi connectivity index (χ2n) is 5.72. The van der Waals surface area contributed by atoms with Gasteiger partial charge in [-0.2, -0.15) is 0 Å². The molecule has 2 aromatic rings. The summed E-state index contributed by atoms with van der Waals surface area (Å²) in [5.41, 5.74) is 0.186. The van der Waals surface area contributed by atoms with Crippen LogP contribution in [0.3, 0.4) is 0 Å². The van der Waals surface area contributed by atoms with E-state index in [1.807, 2.05) is 0 Å². The average molecular weight is 455 g/mol. The molecule has 0 heterocycles. The van der Waals surface area contributed by atoms with Gasteiger partial charge in [0.15, 0.2) is 18.2 Å². The Labute approximate surface area is 168 Å². The number of nitro groups is 1. The first-order valence-corrected chi connectivity index (χ1v) is 8.69. The number of benzene rings is 2. The highest BCUT2D eigenvalue weighted by Crippen LogP contribution is 2.26. The lowest BCUT2D eigenvalue weighted by Crippen LogP contribution is -2.30. The maximum Gasteiger partial charge on any atom is 0.338 e. The molecule has 28 heavy (non-hydrogen) atoms. The summed E-state index contributed by atoms with van der Waals surface area (Å²) in [5, 5.41) is 10.9. The van der Waals surface area contributed by atoms with Crippen molar-refractivity contribution >= 4 is 33.5 Å². The second kappa shape index (κ2) is 9.27. The molecule has 0 atom stereocenters. The Hall–Kier alpha value is -3.01. The summed E-state index contributed by atoms with van der Waals surface area (Å²) in [6.07, 6.45) is 0. The number of likely N-dealkylation sites (N-methyl/N-ethyl adjacent to an activating group) is 1. The molecule has 0 spiro atoms. The van der Waals surface area contributed by atoms with Crippen molar-refractivity contribution in [3.8, 4) is 5.75 Å². The van der Waals surface area contributed by atoms with Crippen LogP contribution in [-0.2, 0) is 16.1 Å². The van der Waals surface area contributed by atoms with Gasteiger partial charge < -0.3 is 14.4 Å². The minimum atomic E-state index is -0.868. The minimum absolute atomic E-state index is 0.0532. The number of carbonyl (C=O) groups is 2. The van der Waals surface area contributed by atoms with Gasteiger partial charge in [-0.3, -0.25) is 14.9 Å². The molecule has 0 aliphatic rings. The zero-order valence-electron chi connectivity index (χ0n) is 15.0. The highest BCUT2D eigenvalue weighted by Gasteiger charge is 2.19. The largest absolute Gasteiger partial charge is 0.494 e. The zero-order valence-corrected chi connectivity index (χ0v) is 16.6. The van der Waals surface area contributed by atoms with Crippen LogP contribution in [0.25, 0.3) is 0 Å². The van der Waals surface area contributed by atoms with Crippen molar-refractivity contribution in [1.82, 2.24) is 4.90 Å². The van der Waals surface area contributed by atoms with E-state index in [1.54, 1.807) is 6.07 Å². The third kappa shape index (κ3) is 5.26. The Morgan fingerprint density at radius 1 is 1.25 bits per heavy atom. The second-order valence-corrected chi connectivity index (χ2v) is 6.57. The third-order valence-electron chi connectivity index (χ3n) is 3.77. The van der Waals surface area contributed by atoms with Gasteiger partial charge >= 0.3 is 5.97 Å². The fourth-order valence-corrected chi connectivity index (χ4v) is 2.66. The molecular weight excluding hydrogens is 439 g/mol. The molecule has 0 aromatic heterocycles. The van der Waals surface area contributed by atoms with Gasteiger partial charge in [-0.1, -0.05) is 6.07 Å². The van der Waals surface area contributed by atoms with Gasteiger partial charge in [0, 0.05) is 19.7 Å². The standard InChI is InChI=1S/C18H16BrFN2O6/c1-21(9-11-3-6-16(27-2)14(20)7-11)17(23)10-28-18(24)12-4-5-13(19)15(8-12)22(25)26/h3-8H,9-10H2,1-2H3. The topological polar surface area (TPSA) is 99.0 Å². The highest BCUT2D eigenvalue weighted by molar-refractivity contribution is 9.10. The van der Waals surface area contributed by atoms with Gasteiger partial charge in [0.1, 0.15) is 0 Å². The van der Waals surface area contributed by atoms with E-state index in [2.05, 4.69) is 15.9 Å². The number of nitro benzene ring substituents is 1. The van der Waals surface area contributed by atoms with Crippen molar-refractivity contribution in [2.45, 2.75) is 6.54 Å². The number of halogens is 2. The van der Waals surface area contributed by atoms with Gasteiger partial charge in [0.05, 0.1) is 22.1 Å². The molecule has 148 valence electrons. The normalized spacial score (nSPS) is 10.3. The van der Waals surface area contributed by atoms with Crippen molar-refractivity contribution in [1.29, 1.82) is 0 Å². The summed E-state index contributed by atoms with van der Waals surface area (Å²) in [6, 6.07) is 8.05. The predicted molar refractivity (Wildman–Crippen MR) is 101 cm³/mol. The quantitative estimate of drug-likeness (QED) is 0.361. The molecule has 0 aliphatic carbocycles. The van der Waals surface area contributed by atoms with Crippen LogP contribution in [0, 0.1) is 15.9 Å². The number of esters is 1. The van der Waals surface area contributed by atoms with Crippen molar-refractivity contribution in [3.63, 3.8) is 0 Å². The van der Waals surface area contributed by atoms with Crippen LogP contribution in [0.2, 0.25) is 0 Å². The van der Waals surface area contributed by atoms with Crippen molar-refractivity contribution < 1.29 is 28.4 Å². The van der Waals surface area contributed by atoms with E-state index in [4.69, 9.17) is 9.47 Å². The minimum Gasteiger partial charge on any atom is -0.494 e. The van der Waals surface area contributed by atoms with Crippen LogP contribution < -0.4 is 4.74 Å². The Morgan fingerprint density at radius 2 is 1.96 bits per heavy atom. The number of hydrogen-bond acceptors (Lipinski definition) is 6. The van der Waals surface area contributed by atoms with Crippen LogP contribution in [0.1, 0.15) is 15.9 Å². The van der Waals surface area contributed by atoms with Gasteiger partial charge in [-0.05, 0) is 45.8 Å². The Morgan fingerprint density at radius 3 is 2.57 bits per heavy atom. The van der Waals surface area contributed by atoms with E-state index < -0.39 is 29.2 Å². The van der Waals surface area contributed by atoms with Crippen molar-refractivity contribution in [3.05, 3.63) is 67.9 Å². The SMILES string of the molecule is COc1ccc(CN(C)C(=O)COC(=O)c2ccc(Br)c([N+](=O)[O-])c2)cc1F. The van der Waals surface area contributed by atoms with Crippen LogP contribution in [0.4, 0.5) is 10.1 Å². The summed E-state index contributed by atoms with van der Waals surface area (Å²) in [4.78, 5) is 35.7. The molecule has 0 saturated heterocycles. The fraction of sp³-hybridized carbons (Fsp3) is 0.222. The molecule has 8 nitrogen and oxygen atoms in total. The molecule has 0 unspecified atom stereocenters. The van der Waals surface area contributed by atoms with Crippen molar-refractivity contribution in [2.24, 2.45) is 0 Å². The number of hydrogen-bond donors (Lipinski definition) is 0. The predicted octanol–water partition coefficient (Wildman–Crippen LogP) is 3.32. The van der Waals surface area contributed by atoms with E-state index in [0.717, 1.165) is 6.07 Å². The summed E-state index contributed by atoms with van der Waals surface area (Å²) in [5.74, 6) is -1.84. The maximum atomic E-state index is 13.7. The molecule has 1 amide bonds. The van der Waals surface area contributed by atoms with Gasteiger partial charge in [0.25, 0.3) is 11.6 Å². The number of methoxy groups -OCH3 is 1. The van der Waals surface area contributed by atoms with Crippen LogP contribution >= 0.6 is 15.9 Å². The molecule has 10 heteroatoms. The highest BCUT2D eigenvalue weighted by atomic mass is 79.9. The van der Waals surface area contributed by atoms with E-state index in [-0.39, 0.29) is 28.0 Å². The summed E-state index contributed by atoms with van der Waals surface area (Å²) in [7, 11) is 2.82. The van der Waals surface area contributed by atoms with Crippen LogP contribution in [-0.4, -0.2) is 42.5 Å². The number of amides is 1. The number of carbonyl (C=O) groups excluding carboxylic acids is 2. The summed E-state index contributed by atoms with van der Waals surface area (Å²) >= 11 is 3.02. The van der Waals surface area contributed by atoms with Crippen LogP contribution in [0.15, 0.2) is 40.9 Å². The van der Waals surface area contributed by atoms with Crippen LogP contribution in [0.5, 0.6) is 5.75 Å². The van der Waals surface area contributed by atoms with E-state index in [0.29, 0.717) is 5.56 Å². The average Bonchev–Trinajstić information content (AvgIpc) is 2.66. The van der Waals surface area contributed by atoms with Gasteiger partial charge in [-0.25, -0.2) is 9.18 Å². The molecule has 0 saturated carbocycles. The van der Waals surface area contributed by atoms with Gasteiger partial charge in [-0.15, -0.1) is 0 Å². The molecule has 0 radical (unpaired) electrons. The molecular formula is C18H16BrFN2O6. The molecule has 0 fully saturated rings. The zero-order chi connectivity index (χ0) is 20.8. The Bertz CT molecular complexity index is 921. The first-order chi connectivity index (χ1) is 13.2. The Balaban J connectivity index is 1.95. The summed E-state index contributed by atoms with van der Waals surface area (Å²) in [6.45, 7) is -0.459. The molecule has 2 rings (SSSR count). The Kier molecular flexibility index (Phi) is 7.05. The lowest BCUT2D eigenvalue weighted by atomic mass is 10.2. The van der Waals surface area contributed by atoms with Gasteiger partial charge in [0.2, 0.25) is 0 Å². The number of ether oxygens (including phenoxy) is 2. The number of rotatable bonds is 7. The smallest absolute Gasteiger partial charge is 0.338 e. The summed E-state index contributed by atoms with van der Waals surface area (Å²) < 4.78 is 23.7. The lowest BCUT2D eigenvalue weighted by Gasteiger charge is -2.17. The monoisotopic (exact) mass is 454 g/mol. The van der Waals surface area contributed by atoms with E-state index in [1.165, 1.54) is 43.3 Å². The number of nitrogens with zero attached hydrogens (tertiary/aromatic N) is 2. The molecule has 0 aliphatic heterocycles. The molecule has 0 bridgehead atoms. The van der Waals surface area contributed by atoms with E-state index >= 15 is 0 Å². The first-order valence-electron chi connectivity index (χ1n) is 7.90. The van der Waals surface area contributed by atoms with Crippen molar-refractivity contribution in [2.75, 3.05) is 20.8 Å².